The molecule has 0 radical (unpaired) electrons. The Balaban J connectivity index is 1.54. The number of fused-ring (bicyclic) bond motifs is 1. The van der Waals surface area contributed by atoms with Crippen LogP contribution in [0.25, 0.3) is 0 Å². The molecule has 2 atom stereocenters. The number of likely N-dealkylation sites (N-methyl/N-ethyl adjacent to an activating group) is 1. The molecule has 8 heteroatoms. The van der Waals surface area contributed by atoms with Gasteiger partial charge in [0.2, 0.25) is 0 Å². The van der Waals surface area contributed by atoms with E-state index in [1.165, 1.54) is 12.5 Å². The number of amides is 1. The number of methoxy groups -OCH3 is 2. The third kappa shape index (κ3) is 6.68. The van der Waals surface area contributed by atoms with Gasteiger partial charge in [0.25, 0.3) is 5.91 Å². The molecule has 0 spiro atoms. The minimum absolute atomic E-state index is 0.223. The van der Waals surface area contributed by atoms with E-state index in [4.69, 9.17) is 14.2 Å². The van der Waals surface area contributed by atoms with Crippen LogP contribution >= 0.6 is 11.8 Å². The van der Waals surface area contributed by atoms with E-state index >= 15 is 0 Å². The second kappa shape index (κ2) is 12.8. The summed E-state index contributed by atoms with van der Waals surface area (Å²) in [5, 5.41) is -0.394. The fourth-order valence-electron chi connectivity index (χ4n) is 4.47. The first kappa shape index (κ1) is 27.5. The number of carbonyl (C=O) groups is 2. The van der Waals surface area contributed by atoms with Crippen LogP contribution < -0.4 is 14.4 Å². The molecular formula is C30H34N2O5S. The van der Waals surface area contributed by atoms with Crippen molar-refractivity contribution in [1.82, 2.24) is 4.90 Å². The van der Waals surface area contributed by atoms with Crippen molar-refractivity contribution in [3.63, 3.8) is 0 Å². The minimum Gasteiger partial charge on any atom is -0.497 e. The molecule has 200 valence electrons. The first-order chi connectivity index (χ1) is 18.4. The van der Waals surface area contributed by atoms with Crippen molar-refractivity contribution < 1.29 is 23.8 Å². The predicted octanol–water partition coefficient (Wildman–Crippen LogP) is 4.99. The molecule has 0 saturated carbocycles. The molecule has 0 saturated heterocycles. The topological polar surface area (TPSA) is 68.3 Å². The molecular weight excluding hydrogens is 500 g/mol. The first-order valence-corrected chi connectivity index (χ1v) is 13.5. The number of benzene rings is 3. The van der Waals surface area contributed by atoms with Gasteiger partial charge in [0.05, 0.1) is 25.2 Å². The zero-order chi connectivity index (χ0) is 27.1. The van der Waals surface area contributed by atoms with Crippen LogP contribution in [0.2, 0.25) is 0 Å². The van der Waals surface area contributed by atoms with Crippen LogP contribution in [0.1, 0.15) is 23.3 Å². The van der Waals surface area contributed by atoms with E-state index < -0.39 is 17.3 Å². The van der Waals surface area contributed by atoms with Crippen molar-refractivity contribution in [3.05, 3.63) is 83.9 Å². The Morgan fingerprint density at radius 2 is 1.68 bits per heavy atom. The summed E-state index contributed by atoms with van der Waals surface area (Å²) >= 11 is 1.54. The highest BCUT2D eigenvalue weighted by molar-refractivity contribution is 7.99. The number of carbonyl (C=O) groups excluding carboxylic acids is 2. The molecule has 1 amide bonds. The van der Waals surface area contributed by atoms with E-state index in [9.17, 15) is 9.59 Å². The largest absolute Gasteiger partial charge is 0.497 e. The lowest BCUT2D eigenvalue weighted by Gasteiger charge is -2.29. The third-order valence-corrected chi connectivity index (χ3v) is 7.93. The number of rotatable bonds is 10. The maximum Gasteiger partial charge on any atom is 0.303 e. The number of nitrogens with zero attached hydrogens (tertiary/aromatic N) is 2. The fourth-order valence-corrected chi connectivity index (χ4v) is 5.79. The van der Waals surface area contributed by atoms with Gasteiger partial charge in [-0.3, -0.25) is 9.59 Å². The lowest BCUT2D eigenvalue weighted by Crippen LogP contribution is -2.45. The van der Waals surface area contributed by atoms with E-state index in [0.29, 0.717) is 13.1 Å². The van der Waals surface area contributed by atoms with Crippen molar-refractivity contribution in [1.29, 1.82) is 0 Å². The Bertz CT molecular complexity index is 1250. The average molecular weight is 535 g/mol. The number of thioether (sulfide) groups is 1. The zero-order valence-electron chi connectivity index (χ0n) is 22.3. The smallest absolute Gasteiger partial charge is 0.303 e. The summed E-state index contributed by atoms with van der Waals surface area (Å²) in [5.41, 5.74) is 2.92. The number of anilines is 1. The Labute approximate surface area is 228 Å². The lowest BCUT2D eigenvalue weighted by molar-refractivity contribution is -0.152. The van der Waals surface area contributed by atoms with Crippen molar-refractivity contribution in [3.8, 4) is 11.5 Å². The van der Waals surface area contributed by atoms with Crippen LogP contribution in [0.15, 0.2) is 77.7 Å². The lowest BCUT2D eigenvalue weighted by atomic mass is 10.1. The quantitative estimate of drug-likeness (QED) is 0.340. The molecule has 1 heterocycles. The highest BCUT2D eigenvalue weighted by atomic mass is 32.2. The van der Waals surface area contributed by atoms with E-state index in [0.717, 1.165) is 40.6 Å². The monoisotopic (exact) mass is 534 g/mol. The van der Waals surface area contributed by atoms with Gasteiger partial charge in [0.15, 0.2) is 6.10 Å². The highest BCUT2D eigenvalue weighted by Crippen LogP contribution is 2.46. The molecule has 1 aliphatic heterocycles. The van der Waals surface area contributed by atoms with Gasteiger partial charge in [-0.1, -0.05) is 36.4 Å². The van der Waals surface area contributed by atoms with Crippen LogP contribution in [0, 0.1) is 0 Å². The van der Waals surface area contributed by atoms with Crippen molar-refractivity contribution >= 4 is 29.3 Å². The Hall–Kier alpha value is -3.49. The second-order valence-electron chi connectivity index (χ2n) is 9.20. The zero-order valence-corrected chi connectivity index (χ0v) is 23.1. The van der Waals surface area contributed by atoms with Crippen LogP contribution in [-0.4, -0.2) is 63.8 Å². The standard InChI is InChI=1S/C30H34N2O5S/c1-21(33)37-28-29(23-12-14-24(35-3)15-13-23)38-27-11-6-5-10-26(27)32(30(28)34)19-18-31(2)17-16-22-8-7-9-25(20-22)36-4/h5-15,20,28-29H,16-19H2,1-4H3. The molecule has 3 aromatic rings. The minimum atomic E-state index is -0.958. The van der Waals surface area contributed by atoms with E-state index in [1.54, 1.807) is 30.9 Å². The third-order valence-electron chi connectivity index (χ3n) is 6.55. The summed E-state index contributed by atoms with van der Waals surface area (Å²) in [5.74, 6) is 0.863. The second-order valence-corrected chi connectivity index (χ2v) is 10.4. The van der Waals surface area contributed by atoms with Gasteiger partial charge in [-0.25, -0.2) is 0 Å². The molecule has 1 aliphatic rings. The number of hydrogen-bond acceptors (Lipinski definition) is 7. The normalized spacial score (nSPS) is 17.1. The Kier molecular flexibility index (Phi) is 9.31. The van der Waals surface area contributed by atoms with Crippen LogP contribution in [0.5, 0.6) is 11.5 Å². The van der Waals surface area contributed by atoms with Crippen LogP contribution in [-0.2, 0) is 20.7 Å². The van der Waals surface area contributed by atoms with Gasteiger partial charge in [-0.2, -0.15) is 0 Å². The van der Waals surface area contributed by atoms with Gasteiger partial charge >= 0.3 is 5.97 Å². The summed E-state index contributed by atoms with van der Waals surface area (Å²) < 4.78 is 16.3. The predicted molar refractivity (Wildman–Crippen MR) is 150 cm³/mol. The molecule has 38 heavy (non-hydrogen) atoms. The molecule has 0 N–H and O–H groups in total. The molecule has 4 rings (SSSR count). The maximum atomic E-state index is 14.0. The van der Waals surface area contributed by atoms with Gasteiger partial charge < -0.3 is 24.0 Å². The number of para-hydroxylation sites is 1. The van der Waals surface area contributed by atoms with Gasteiger partial charge in [0.1, 0.15) is 11.5 Å². The van der Waals surface area contributed by atoms with Crippen molar-refractivity contribution in [2.45, 2.75) is 29.6 Å². The van der Waals surface area contributed by atoms with Gasteiger partial charge in [-0.15, -0.1) is 11.8 Å². The SMILES string of the molecule is COc1ccc(C2Sc3ccccc3N(CCN(C)CCc3cccc(OC)c3)C(=O)C2OC(C)=O)cc1. The number of ether oxygens (including phenoxy) is 3. The molecule has 3 aromatic carbocycles. The average Bonchev–Trinajstić information content (AvgIpc) is 3.05. The summed E-state index contributed by atoms with van der Waals surface area (Å²) in [4.78, 5) is 31.0. The van der Waals surface area contributed by atoms with Crippen molar-refractivity contribution in [2.75, 3.05) is 45.8 Å². The van der Waals surface area contributed by atoms with E-state index in [2.05, 4.69) is 11.0 Å². The number of hydrogen-bond donors (Lipinski definition) is 0. The summed E-state index contributed by atoms with van der Waals surface area (Å²) in [7, 11) is 5.33. The van der Waals surface area contributed by atoms with Crippen molar-refractivity contribution in [2.24, 2.45) is 0 Å². The summed E-state index contributed by atoms with van der Waals surface area (Å²) in [6.07, 6.45) is -0.0932. The summed E-state index contributed by atoms with van der Waals surface area (Å²) in [6, 6.07) is 23.5. The maximum absolute atomic E-state index is 14.0. The Morgan fingerprint density at radius 3 is 2.39 bits per heavy atom. The molecule has 7 nitrogen and oxygen atoms in total. The molecule has 0 aliphatic carbocycles. The van der Waals surface area contributed by atoms with Crippen LogP contribution in [0.4, 0.5) is 5.69 Å². The molecule has 0 bridgehead atoms. The molecule has 0 aromatic heterocycles. The van der Waals surface area contributed by atoms with Gasteiger partial charge in [-0.05, 0) is 61.0 Å². The first-order valence-electron chi connectivity index (χ1n) is 12.6. The van der Waals surface area contributed by atoms with Crippen LogP contribution in [0.3, 0.4) is 0 Å². The molecule has 2 unspecified atom stereocenters. The summed E-state index contributed by atoms with van der Waals surface area (Å²) in [6.45, 7) is 3.30. The molecule has 0 fully saturated rings. The van der Waals surface area contributed by atoms with E-state index in [-0.39, 0.29) is 5.91 Å². The Morgan fingerprint density at radius 1 is 0.947 bits per heavy atom. The number of esters is 1. The van der Waals surface area contributed by atoms with Gasteiger partial charge in [0, 0.05) is 31.5 Å². The van der Waals surface area contributed by atoms with E-state index in [1.807, 2.05) is 73.8 Å². The highest BCUT2D eigenvalue weighted by Gasteiger charge is 2.40. The fraction of sp³-hybridized carbons (Fsp3) is 0.333.